The van der Waals surface area contributed by atoms with E-state index in [0.29, 0.717) is 0 Å². The summed E-state index contributed by atoms with van der Waals surface area (Å²) in [7, 11) is -3.62. The number of nitrogens with one attached hydrogen (secondary N) is 2. The fourth-order valence-corrected chi connectivity index (χ4v) is 3.00. The molecule has 8 nitrogen and oxygen atoms in total. The van der Waals surface area contributed by atoms with Crippen molar-refractivity contribution in [3.63, 3.8) is 0 Å². The first-order valence-corrected chi connectivity index (χ1v) is 10.2. The normalized spacial score (nSPS) is 12.7. The van der Waals surface area contributed by atoms with E-state index in [4.69, 9.17) is 5.11 Å². The number of sulfonamides is 1. The second-order valence-corrected chi connectivity index (χ2v) is 8.06. The van der Waals surface area contributed by atoms with Gasteiger partial charge in [0.1, 0.15) is 0 Å². The largest absolute Gasteiger partial charge is 0.394 e. The highest BCUT2D eigenvalue weighted by Crippen LogP contribution is 2.24. The van der Waals surface area contributed by atoms with Gasteiger partial charge in [0.15, 0.2) is 16.8 Å². The number of rotatable bonds is 8. The topological polar surface area (TPSA) is 117 Å². The number of aliphatic hydroxyl groups is 1. The van der Waals surface area contributed by atoms with Gasteiger partial charge in [-0.25, -0.2) is 17.2 Å². The van der Waals surface area contributed by atoms with Gasteiger partial charge in [-0.3, -0.25) is 4.72 Å². The molecule has 1 aromatic carbocycles. The van der Waals surface area contributed by atoms with Gasteiger partial charge < -0.3 is 10.4 Å². The molecule has 12 heteroatoms. The summed E-state index contributed by atoms with van der Waals surface area (Å²) in [4.78, 5) is 11.9. The number of hydrogen-bond acceptors (Lipinski definition) is 8. The van der Waals surface area contributed by atoms with Crippen molar-refractivity contribution in [1.82, 2.24) is 15.0 Å². The molecule has 0 spiro atoms. The van der Waals surface area contributed by atoms with Crippen LogP contribution in [0.5, 0.6) is 0 Å². The van der Waals surface area contributed by atoms with E-state index < -0.39 is 21.7 Å². The molecule has 1 atom stereocenters. The van der Waals surface area contributed by atoms with Crippen LogP contribution in [0.15, 0.2) is 23.4 Å². The summed E-state index contributed by atoms with van der Waals surface area (Å²) in [5.74, 6) is -2.08. The lowest BCUT2D eigenvalue weighted by Crippen LogP contribution is -2.22. The van der Waals surface area contributed by atoms with Crippen molar-refractivity contribution in [2.45, 2.75) is 23.9 Å². The molecule has 0 aliphatic rings. The molecule has 1 aromatic heterocycles. The van der Waals surface area contributed by atoms with Gasteiger partial charge in [-0.2, -0.15) is 15.0 Å². The van der Waals surface area contributed by atoms with Gasteiger partial charge in [-0.05, 0) is 13.0 Å². The highest BCUT2D eigenvalue weighted by molar-refractivity contribution is 7.98. The van der Waals surface area contributed by atoms with Crippen molar-refractivity contribution in [3.05, 3.63) is 35.4 Å². The van der Waals surface area contributed by atoms with Gasteiger partial charge in [0.05, 0.1) is 12.9 Å². The molecule has 26 heavy (non-hydrogen) atoms. The third-order valence-electron chi connectivity index (χ3n) is 2.93. The summed E-state index contributed by atoms with van der Waals surface area (Å²) in [6, 6.07) is 3.43. The summed E-state index contributed by atoms with van der Waals surface area (Å²) < 4.78 is 51.9. The zero-order valence-corrected chi connectivity index (χ0v) is 15.5. The lowest BCUT2D eigenvalue weighted by molar-refractivity contribution is 0.281. The monoisotopic (exact) mass is 405 g/mol. The Morgan fingerprint density at radius 3 is 2.58 bits per heavy atom. The molecule has 0 fully saturated rings. The van der Waals surface area contributed by atoms with Crippen molar-refractivity contribution >= 4 is 33.7 Å². The zero-order valence-electron chi connectivity index (χ0n) is 13.9. The van der Waals surface area contributed by atoms with Crippen LogP contribution in [0, 0.1) is 11.6 Å². The predicted octanol–water partition coefficient (Wildman–Crippen LogP) is 1.61. The average molecular weight is 405 g/mol. The molecular weight excluding hydrogens is 388 g/mol. The Bertz CT molecular complexity index is 883. The molecule has 0 bridgehead atoms. The van der Waals surface area contributed by atoms with E-state index in [2.05, 4.69) is 25.0 Å². The molecule has 0 saturated heterocycles. The standard InChI is InChI=1S/C14H17F2N5O3S2/c1-8(6-22)17-12-18-13(21-26(2,23)24)20-14(19-12)25-7-9-4-3-5-10(15)11(9)16/h3-5,8,22H,6-7H2,1-2H3,(H2,17,18,19,20,21)/t8-/m1/s1. The lowest BCUT2D eigenvalue weighted by Gasteiger charge is -2.12. The summed E-state index contributed by atoms with van der Waals surface area (Å²) in [6.07, 6.45) is 0.940. The van der Waals surface area contributed by atoms with E-state index in [1.54, 1.807) is 6.92 Å². The molecule has 1 heterocycles. The number of benzene rings is 1. The van der Waals surface area contributed by atoms with Crippen LogP contribution in [-0.4, -0.2) is 47.4 Å². The molecule has 2 aromatic rings. The summed E-state index contributed by atoms with van der Waals surface area (Å²) in [5.41, 5.74) is 0.117. The highest BCUT2D eigenvalue weighted by Gasteiger charge is 2.14. The van der Waals surface area contributed by atoms with Crippen LogP contribution in [0.4, 0.5) is 20.7 Å². The molecule has 0 amide bonds. The van der Waals surface area contributed by atoms with Gasteiger partial charge in [0, 0.05) is 17.4 Å². The Labute approximate surface area is 153 Å². The fourth-order valence-electron chi connectivity index (χ4n) is 1.77. The second kappa shape index (κ2) is 8.56. The third kappa shape index (κ3) is 6.04. The van der Waals surface area contributed by atoms with Gasteiger partial charge >= 0.3 is 0 Å². The predicted molar refractivity (Wildman–Crippen MR) is 94.4 cm³/mol. The van der Waals surface area contributed by atoms with Gasteiger partial charge in [-0.15, -0.1) is 0 Å². The third-order valence-corrected chi connectivity index (χ3v) is 4.38. The first-order chi connectivity index (χ1) is 12.2. The quantitative estimate of drug-likeness (QED) is 0.567. The second-order valence-electron chi connectivity index (χ2n) is 5.37. The molecular formula is C14H17F2N5O3S2. The van der Waals surface area contributed by atoms with E-state index in [-0.39, 0.29) is 41.0 Å². The number of aliphatic hydroxyl groups excluding tert-OH is 1. The molecule has 142 valence electrons. The van der Waals surface area contributed by atoms with Crippen LogP contribution in [-0.2, 0) is 15.8 Å². The van der Waals surface area contributed by atoms with E-state index in [9.17, 15) is 17.2 Å². The first kappa shape index (κ1) is 20.3. The van der Waals surface area contributed by atoms with Crippen LogP contribution in [0.3, 0.4) is 0 Å². The number of nitrogens with zero attached hydrogens (tertiary/aromatic N) is 3. The summed E-state index contributed by atoms with van der Waals surface area (Å²) >= 11 is 0.979. The van der Waals surface area contributed by atoms with Crippen LogP contribution < -0.4 is 10.0 Å². The maximum Gasteiger partial charge on any atom is 0.242 e. The summed E-state index contributed by atoms with van der Waals surface area (Å²) in [6.45, 7) is 1.47. The minimum absolute atomic E-state index is 0.0287. The van der Waals surface area contributed by atoms with E-state index in [0.717, 1.165) is 24.1 Å². The van der Waals surface area contributed by atoms with Gasteiger partial charge in [0.25, 0.3) is 0 Å². The van der Waals surface area contributed by atoms with Crippen LogP contribution in [0.1, 0.15) is 12.5 Å². The van der Waals surface area contributed by atoms with Crippen LogP contribution in [0.2, 0.25) is 0 Å². The molecule has 0 aliphatic heterocycles. The number of hydrogen-bond donors (Lipinski definition) is 3. The van der Waals surface area contributed by atoms with Crippen LogP contribution >= 0.6 is 11.8 Å². The van der Waals surface area contributed by atoms with Crippen molar-refractivity contribution in [1.29, 1.82) is 0 Å². The Hall–Kier alpha value is -2.05. The van der Waals surface area contributed by atoms with Gasteiger partial charge in [0.2, 0.25) is 21.9 Å². The van der Waals surface area contributed by atoms with Crippen LogP contribution in [0.25, 0.3) is 0 Å². The Morgan fingerprint density at radius 2 is 1.92 bits per heavy atom. The Kier molecular flexibility index (Phi) is 6.67. The maximum atomic E-state index is 13.7. The average Bonchev–Trinajstić information content (AvgIpc) is 2.54. The van der Waals surface area contributed by atoms with Crippen molar-refractivity contribution < 1.29 is 22.3 Å². The minimum atomic E-state index is -3.62. The Morgan fingerprint density at radius 1 is 1.23 bits per heavy atom. The van der Waals surface area contributed by atoms with Crippen molar-refractivity contribution in [3.8, 4) is 0 Å². The lowest BCUT2D eigenvalue weighted by atomic mass is 10.2. The molecule has 0 radical (unpaired) electrons. The van der Waals surface area contributed by atoms with Crippen molar-refractivity contribution in [2.75, 3.05) is 22.9 Å². The van der Waals surface area contributed by atoms with E-state index in [1.807, 2.05) is 0 Å². The molecule has 3 N–H and O–H groups in total. The minimum Gasteiger partial charge on any atom is -0.394 e. The van der Waals surface area contributed by atoms with E-state index in [1.165, 1.54) is 12.1 Å². The smallest absolute Gasteiger partial charge is 0.242 e. The Balaban J connectivity index is 2.26. The number of thioether (sulfide) groups is 1. The first-order valence-electron chi connectivity index (χ1n) is 7.35. The fraction of sp³-hybridized carbons (Fsp3) is 0.357. The molecule has 0 aliphatic carbocycles. The van der Waals surface area contributed by atoms with Gasteiger partial charge in [-0.1, -0.05) is 23.9 Å². The highest BCUT2D eigenvalue weighted by atomic mass is 32.2. The van der Waals surface area contributed by atoms with E-state index >= 15 is 0 Å². The maximum absolute atomic E-state index is 13.7. The molecule has 2 rings (SSSR count). The number of anilines is 2. The van der Waals surface area contributed by atoms with Crippen molar-refractivity contribution in [2.24, 2.45) is 0 Å². The number of halogens is 2. The SMILES string of the molecule is C[C@H](CO)Nc1nc(NS(C)(=O)=O)nc(SCc2cccc(F)c2F)n1. The molecule has 0 saturated carbocycles. The zero-order chi connectivity index (χ0) is 19.3. The summed E-state index contributed by atoms with van der Waals surface area (Å²) in [5, 5.41) is 12.0. The molecule has 0 unspecified atom stereocenters. The number of aromatic nitrogens is 3.